The first-order valence-corrected chi connectivity index (χ1v) is 7.33. The largest absolute Gasteiger partial charge is 0.480 e. The molecule has 0 aromatic heterocycles. The molecule has 1 aromatic carbocycles. The molecule has 1 unspecified atom stereocenters. The third kappa shape index (κ3) is 5.31. The van der Waals surface area contributed by atoms with Crippen molar-refractivity contribution in [2.75, 3.05) is 19.6 Å². The van der Waals surface area contributed by atoms with Gasteiger partial charge < -0.3 is 10.4 Å². The number of hydrogen-bond donors (Lipinski definition) is 2. The van der Waals surface area contributed by atoms with Gasteiger partial charge in [0.15, 0.2) is 0 Å². The fraction of sp³-hybridized carbons (Fsp3) is 0.500. The summed E-state index contributed by atoms with van der Waals surface area (Å²) in [5, 5.41) is 11.0. The molecule has 0 aliphatic carbocycles. The Bertz CT molecular complexity index is 522. The summed E-state index contributed by atoms with van der Waals surface area (Å²) in [4.78, 5) is 24.4. The number of nitrogens with zero attached hydrogens (tertiary/aromatic N) is 1. The normalized spacial score (nSPS) is 17.8. The van der Waals surface area contributed by atoms with Crippen LogP contribution in [-0.4, -0.2) is 47.6 Å². The Hall–Kier alpha value is -1.59. The Morgan fingerprint density at radius 3 is 2.77 bits per heavy atom. The van der Waals surface area contributed by atoms with Gasteiger partial charge in [-0.3, -0.25) is 14.5 Å². The van der Waals surface area contributed by atoms with Gasteiger partial charge in [0.2, 0.25) is 5.91 Å². The van der Waals surface area contributed by atoms with E-state index in [9.17, 15) is 9.59 Å². The zero-order chi connectivity index (χ0) is 15.2. The smallest absolute Gasteiger partial charge is 0.322 e. The lowest BCUT2D eigenvalue weighted by atomic mass is 10.00. The van der Waals surface area contributed by atoms with Crippen LogP contribution in [0.5, 0.6) is 0 Å². The van der Waals surface area contributed by atoms with Crippen LogP contribution >= 0.6 is 12.4 Å². The van der Waals surface area contributed by atoms with Crippen molar-refractivity contribution in [3.8, 4) is 0 Å². The van der Waals surface area contributed by atoms with E-state index < -0.39 is 5.97 Å². The van der Waals surface area contributed by atoms with Gasteiger partial charge in [-0.05, 0) is 43.9 Å². The van der Waals surface area contributed by atoms with Crippen LogP contribution in [0.3, 0.4) is 0 Å². The number of rotatable bonds is 6. The van der Waals surface area contributed by atoms with Crippen molar-refractivity contribution in [2.45, 2.75) is 32.2 Å². The van der Waals surface area contributed by atoms with Crippen molar-refractivity contribution in [2.24, 2.45) is 0 Å². The molecule has 2 N–H and O–H groups in total. The zero-order valence-electron chi connectivity index (χ0n) is 12.7. The molecule has 1 aliphatic heterocycles. The molecule has 1 amide bonds. The number of hydrogen-bond acceptors (Lipinski definition) is 3. The van der Waals surface area contributed by atoms with Crippen molar-refractivity contribution in [3.63, 3.8) is 0 Å². The summed E-state index contributed by atoms with van der Waals surface area (Å²) in [7, 11) is 0. The minimum absolute atomic E-state index is 0. The van der Waals surface area contributed by atoms with Gasteiger partial charge in [-0.1, -0.05) is 24.3 Å². The van der Waals surface area contributed by atoms with Crippen LogP contribution in [0.1, 0.15) is 24.0 Å². The Morgan fingerprint density at radius 1 is 1.36 bits per heavy atom. The highest BCUT2D eigenvalue weighted by atomic mass is 35.5. The molecule has 5 nitrogen and oxygen atoms in total. The predicted molar refractivity (Wildman–Crippen MR) is 87.4 cm³/mol. The minimum atomic E-state index is -1.01. The maximum absolute atomic E-state index is 11.8. The molecule has 1 saturated heterocycles. The maximum Gasteiger partial charge on any atom is 0.322 e. The van der Waals surface area contributed by atoms with E-state index in [4.69, 9.17) is 5.11 Å². The molecule has 1 fully saturated rings. The van der Waals surface area contributed by atoms with Crippen LogP contribution in [0.15, 0.2) is 24.3 Å². The van der Waals surface area contributed by atoms with Crippen LogP contribution in [0, 0.1) is 6.92 Å². The van der Waals surface area contributed by atoms with Crippen molar-refractivity contribution < 1.29 is 14.7 Å². The van der Waals surface area contributed by atoms with Gasteiger partial charge in [-0.25, -0.2) is 0 Å². The van der Waals surface area contributed by atoms with Crippen molar-refractivity contribution in [1.29, 1.82) is 0 Å². The molecule has 1 heterocycles. The number of carbonyl (C=O) groups is 2. The fourth-order valence-electron chi connectivity index (χ4n) is 2.84. The Morgan fingerprint density at radius 2 is 2.09 bits per heavy atom. The second kappa shape index (κ2) is 8.76. The number of nitrogens with one attached hydrogen (secondary N) is 1. The second-order valence-corrected chi connectivity index (χ2v) is 5.57. The van der Waals surface area contributed by atoms with E-state index in [2.05, 4.69) is 29.3 Å². The molecule has 2 rings (SSSR count). The molecular weight excluding hydrogens is 304 g/mol. The number of carbonyl (C=O) groups excluding carboxylic acids is 1. The molecule has 1 atom stereocenters. The van der Waals surface area contributed by atoms with Gasteiger partial charge >= 0.3 is 5.97 Å². The molecule has 22 heavy (non-hydrogen) atoms. The standard InChI is InChI=1S/C16H22N2O3.ClH/c1-12-5-2-3-6-13(12)9-14-7-4-8-18(14)11-15(19)17-10-16(20)21;/h2-3,5-6,14H,4,7-11H2,1H3,(H,17,19)(H,20,21);1H. The van der Waals surface area contributed by atoms with Crippen molar-refractivity contribution in [3.05, 3.63) is 35.4 Å². The molecule has 0 saturated carbocycles. The molecule has 122 valence electrons. The Kier molecular flexibility index (Phi) is 7.35. The Labute approximate surface area is 137 Å². The average molecular weight is 327 g/mol. The zero-order valence-corrected chi connectivity index (χ0v) is 13.6. The number of aryl methyl sites for hydroxylation is 1. The first-order chi connectivity index (χ1) is 10.1. The lowest BCUT2D eigenvalue weighted by Crippen LogP contribution is -2.42. The summed E-state index contributed by atoms with van der Waals surface area (Å²) in [5.74, 6) is -1.23. The highest BCUT2D eigenvalue weighted by molar-refractivity contribution is 5.85. The summed E-state index contributed by atoms with van der Waals surface area (Å²) < 4.78 is 0. The van der Waals surface area contributed by atoms with E-state index >= 15 is 0 Å². The number of likely N-dealkylation sites (tertiary alicyclic amines) is 1. The van der Waals surface area contributed by atoms with Crippen molar-refractivity contribution >= 4 is 24.3 Å². The van der Waals surface area contributed by atoms with Crippen LogP contribution in [0.2, 0.25) is 0 Å². The quantitative estimate of drug-likeness (QED) is 0.833. The van der Waals surface area contributed by atoms with E-state index in [1.54, 1.807) is 0 Å². The molecule has 0 bridgehead atoms. The van der Waals surface area contributed by atoms with E-state index in [1.165, 1.54) is 11.1 Å². The molecule has 1 aromatic rings. The molecule has 1 aliphatic rings. The number of carboxylic acid groups (broad SMARTS) is 1. The van der Waals surface area contributed by atoms with Gasteiger partial charge in [-0.15, -0.1) is 12.4 Å². The van der Waals surface area contributed by atoms with E-state index in [1.807, 2.05) is 12.1 Å². The first kappa shape index (κ1) is 18.5. The van der Waals surface area contributed by atoms with Crippen LogP contribution in [0.25, 0.3) is 0 Å². The van der Waals surface area contributed by atoms with Gasteiger partial charge in [0, 0.05) is 6.04 Å². The fourth-order valence-corrected chi connectivity index (χ4v) is 2.84. The predicted octanol–water partition coefficient (Wildman–Crippen LogP) is 1.62. The number of benzene rings is 1. The van der Waals surface area contributed by atoms with E-state index in [0.717, 1.165) is 25.8 Å². The highest BCUT2D eigenvalue weighted by Gasteiger charge is 2.26. The molecule has 0 radical (unpaired) electrons. The Balaban J connectivity index is 0.00000242. The number of amides is 1. The van der Waals surface area contributed by atoms with Gasteiger partial charge in [0.25, 0.3) is 0 Å². The van der Waals surface area contributed by atoms with E-state index in [0.29, 0.717) is 6.04 Å². The summed E-state index contributed by atoms with van der Waals surface area (Å²) in [6.45, 7) is 2.98. The third-order valence-electron chi connectivity index (χ3n) is 4.00. The lowest BCUT2D eigenvalue weighted by Gasteiger charge is -2.24. The summed E-state index contributed by atoms with van der Waals surface area (Å²) in [6, 6.07) is 8.68. The monoisotopic (exact) mass is 326 g/mol. The number of halogens is 1. The second-order valence-electron chi connectivity index (χ2n) is 5.57. The summed E-state index contributed by atoms with van der Waals surface area (Å²) in [6.07, 6.45) is 3.11. The van der Waals surface area contributed by atoms with Gasteiger partial charge in [0.05, 0.1) is 6.54 Å². The minimum Gasteiger partial charge on any atom is -0.480 e. The van der Waals surface area contributed by atoms with Crippen LogP contribution in [-0.2, 0) is 16.0 Å². The lowest BCUT2D eigenvalue weighted by molar-refractivity contribution is -0.138. The van der Waals surface area contributed by atoms with Gasteiger partial charge in [0.1, 0.15) is 6.54 Å². The van der Waals surface area contributed by atoms with Crippen LogP contribution < -0.4 is 5.32 Å². The first-order valence-electron chi connectivity index (χ1n) is 7.33. The summed E-state index contributed by atoms with van der Waals surface area (Å²) in [5.41, 5.74) is 2.60. The maximum atomic E-state index is 11.8. The van der Waals surface area contributed by atoms with Crippen molar-refractivity contribution in [1.82, 2.24) is 10.2 Å². The van der Waals surface area contributed by atoms with Crippen LogP contribution in [0.4, 0.5) is 0 Å². The average Bonchev–Trinajstić information content (AvgIpc) is 2.86. The summed E-state index contributed by atoms with van der Waals surface area (Å²) >= 11 is 0. The molecular formula is C16H23ClN2O3. The molecule has 0 spiro atoms. The number of aliphatic carboxylic acids is 1. The topological polar surface area (TPSA) is 69.6 Å². The molecule has 6 heteroatoms. The SMILES string of the molecule is Cc1ccccc1CC1CCCN1CC(=O)NCC(=O)O.Cl. The highest BCUT2D eigenvalue weighted by Crippen LogP contribution is 2.22. The van der Waals surface area contributed by atoms with E-state index in [-0.39, 0.29) is 31.4 Å². The number of carboxylic acids is 1. The third-order valence-corrected chi connectivity index (χ3v) is 4.00. The van der Waals surface area contributed by atoms with Gasteiger partial charge in [-0.2, -0.15) is 0 Å².